The summed E-state index contributed by atoms with van der Waals surface area (Å²) in [7, 11) is 1.58. The quantitative estimate of drug-likeness (QED) is 0.871. The maximum absolute atomic E-state index is 12.4. The van der Waals surface area contributed by atoms with Crippen molar-refractivity contribution in [1.29, 1.82) is 0 Å². The number of nitrogens with one attached hydrogen (secondary N) is 1. The van der Waals surface area contributed by atoms with Crippen molar-refractivity contribution in [1.82, 2.24) is 10.5 Å². The number of hydrogen-bond donors (Lipinski definition) is 1. The fourth-order valence-corrected chi connectivity index (χ4v) is 4.13. The zero-order valence-corrected chi connectivity index (χ0v) is 14.0. The summed E-state index contributed by atoms with van der Waals surface area (Å²) < 4.78 is 16.0. The van der Waals surface area contributed by atoms with E-state index < -0.39 is 0 Å². The molecule has 1 aromatic rings. The molecule has 1 N–H and O–H groups in total. The molecule has 0 radical (unpaired) electrons. The van der Waals surface area contributed by atoms with E-state index in [0.29, 0.717) is 18.1 Å². The second-order valence-corrected chi connectivity index (χ2v) is 6.61. The summed E-state index contributed by atoms with van der Waals surface area (Å²) in [6.45, 7) is 3.09. The smallest absolute Gasteiger partial charge is 0.273 e. The molecule has 2 saturated carbocycles. The normalized spacial score (nSPS) is 26.0. The molecule has 2 fully saturated rings. The van der Waals surface area contributed by atoms with Crippen molar-refractivity contribution >= 4 is 5.91 Å². The van der Waals surface area contributed by atoms with Crippen LogP contribution in [0.2, 0.25) is 0 Å². The Morgan fingerprint density at radius 1 is 1.43 bits per heavy atom. The number of hydrogen-bond acceptors (Lipinski definition) is 5. The number of nitrogens with zero attached hydrogens (tertiary/aromatic N) is 1. The first-order valence-corrected chi connectivity index (χ1v) is 8.56. The van der Waals surface area contributed by atoms with E-state index >= 15 is 0 Å². The number of methoxy groups -OCH3 is 1. The molecule has 0 aliphatic heterocycles. The molecule has 1 amide bonds. The highest BCUT2D eigenvalue weighted by molar-refractivity contribution is 5.92. The number of rotatable bonds is 6. The molecule has 1 heterocycles. The Balaban J connectivity index is 1.65. The Hall–Kier alpha value is -1.40. The zero-order valence-electron chi connectivity index (χ0n) is 14.0. The third-order valence-corrected chi connectivity index (χ3v) is 5.32. The van der Waals surface area contributed by atoms with Crippen LogP contribution in [-0.4, -0.2) is 36.9 Å². The van der Waals surface area contributed by atoms with Crippen molar-refractivity contribution in [3.63, 3.8) is 0 Å². The van der Waals surface area contributed by atoms with Gasteiger partial charge in [-0.15, -0.1) is 0 Å². The molecule has 0 saturated heterocycles. The molecule has 0 bridgehead atoms. The highest BCUT2D eigenvalue weighted by Gasteiger charge is 2.56. The highest BCUT2D eigenvalue weighted by Crippen LogP contribution is 2.53. The SMILES string of the molecule is CCO[C@H]1C[C@@H](NC(=O)c2cc(COC)on2)C12CCCCC2. The molecule has 6 heteroatoms. The highest BCUT2D eigenvalue weighted by atomic mass is 16.5. The molecule has 128 valence electrons. The van der Waals surface area contributed by atoms with Crippen molar-refractivity contribution in [2.75, 3.05) is 13.7 Å². The van der Waals surface area contributed by atoms with Gasteiger partial charge in [0.2, 0.25) is 0 Å². The van der Waals surface area contributed by atoms with Crippen LogP contribution < -0.4 is 5.32 Å². The van der Waals surface area contributed by atoms with Gasteiger partial charge in [0.05, 0.1) is 6.10 Å². The summed E-state index contributed by atoms with van der Waals surface area (Å²) in [5.74, 6) is 0.395. The first kappa shape index (κ1) is 16.5. The van der Waals surface area contributed by atoms with Crippen molar-refractivity contribution in [3.8, 4) is 0 Å². The molecular formula is C17H26N2O4. The summed E-state index contributed by atoms with van der Waals surface area (Å²) >= 11 is 0. The van der Waals surface area contributed by atoms with Crippen LogP contribution in [0.4, 0.5) is 0 Å². The molecule has 2 aliphatic rings. The summed E-state index contributed by atoms with van der Waals surface area (Å²) in [6, 6.07) is 1.82. The van der Waals surface area contributed by atoms with Gasteiger partial charge in [0, 0.05) is 31.2 Å². The average Bonchev–Trinajstić information content (AvgIpc) is 3.04. The summed E-state index contributed by atoms with van der Waals surface area (Å²) in [4.78, 5) is 12.4. The Bertz CT molecular complexity index is 536. The standard InChI is InChI=1S/C17H26N2O4/c1-3-22-15-10-14(17(15)7-5-4-6-8-17)18-16(20)13-9-12(11-21-2)23-19-13/h9,14-15H,3-8,10-11H2,1-2H3,(H,18,20)/t14-,15+/m1/s1. The van der Waals surface area contributed by atoms with Gasteiger partial charge in [-0.3, -0.25) is 4.79 Å². The second kappa shape index (κ2) is 7.01. The van der Waals surface area contributed by atoms with Crippen LogP contribution in [0.3, 0.4) is 0 Å². The summed E-state index contributed by atoms with van der Waals surface area (Å²) in [6.07, 6.45) is 7.16. The van der Waals surface area contributed by atoms with Gasteiger partial charge in [-0.05, 0) is 26.2 Å². The topological polar surface area (TPSA) is 73.6 Å². The number of aromatic nitrogens is 1. The molecule has 0 unspecified atom stereocenters. The van der Waals surface area contributed by atoms with E-state index in [9.17, 15) is 4.79 Å². The van der Waals surface area contributed by atoms with Crippen LogP contribution in [-0.2, 0) is 16.1 Å². The van der Waals surface area contributed by atoms with Gasteiger partial charge in [-0.2, -0.15) is 0 Å². The van der Waals surface area contributed by atoms with Crippen molar-refractivity contribution in [3.05, 3.63) is 17.5 Å². The van der Waals surface area contributed by atoms with Crippen LogP contribution in [0.25, 0.3) is 0 Å². The van der Waals surface area contributed by atoms with Crippen LogP contribution in [0, 0.1) is 5.41 Å². The van der Waals surface area contributed by atoms with Gasteiger partial charge < -0.3 is 19.3 Å². The molecule has 1 aromatic heterocycles. The molecule has 1 spiro atoms. The summed E-state index contributed by atoms with van der Waals surface area (Å²) in [5.41, 5.74) is 0.436. The van der Waals surface area contributed by atoms with Crippen molar-refractivity contribution in [2.45, 2.75) is 64.2 Å². The maximum atomic E-state index is 12.4. The van der Waals surface area contributed by atoms with Crippen LogP contribution >= 0.6 is 0 Å². The molecular weight excluding hydrogens is 296 g/mol. The Morgan fingerprint density at radius 2 is 2.22 bits per heavy atom. The van der Waals surface area contributed by atoms with E-state index in [1.807, 2.05) is 6.92 Å². The minimum absolute atomic E-state index is 0.114. The maximum Gasteiger partial charge on any atom is 0.273 e. The molecule has 2 aliphatic carbocycles. The van der Waals surface area contributed by atoms with E-state index in [4.69, 9.17) is 14.0 Å². The van der Waals surface area contributed by atoms with Gasteiger partial charge in [-0.25, -0.2) is 0 Å². The lowest BCUT2D eigenvalue weighted by Crippen LogP contribution is -2.65. The van der Waals surface area contributed by atoms with Gasteiger partial charge in [0.1, 0.15) is 6.61 Å². The zero-order chi connectivity index (χ0) is 16.3. The minimum atomic E-state index is -0.166. The first-order valence-electron chi connectivity index (χ1n) is 8.56. The van der Waals surface area contributed by atoms with Crippen LogP contribution in [0.5, 0.6) is 0 Å². The molecule has 3 rings (SSSR count). The molecule has 2 atom stereocenters. The van der Waals surface area contributed by atoms with Crippen LogP contribution in [0.15, 0.2) is 10.6 Å². The Morgan fingerprint density at radius 3 is 2.91 bits per heavy atom. The Kier molecular flexibility index (Phi) is 5.02. The number of ether oxygens (including phenoxy) is 2. The monoisotopic (exact) mass is 322 g/mol. The van der Waals surface area contributed by atoms with Crippen molar-refractivity contribution in [2.24, 2.45) is 5.41 Å². The Labute approximate surface area is 136 Å². The fourth-order valence-electron chi connectivity index (χ4n) is 4.13. The minimum Gasteiger partial charge on any atom is -0.378 e. The number of carbonyl (C=O) groups excluding carboxylic acids is 1. The van der Waals surface area contributed by atoms with E-state index in [0.717, 1.165) is 25.9 Å². The van der Waals surface area contributed by atoms with Gasteiger partial charge in [-0.1, -0.05) is 24.4 Å². The largest absolute Gasteiger partial charge is 0.378 e. The third kappa shape index (κ3) is 3.15. The van der Waals surface area contributed by atoms with E-state index in [2.05, 4.69) is 10.5 Å². The lowest BCUT2D eigenvalue weighted by atomic mass is 9.55. The molecule has 0 aromatic carbocycles. The molecule has 23 heavy (non-hydrogen) atoms. The summed E-state index contributed by atoms with van der Waals surface area (Å²) in [5, 5.41) is 6.99. The predicted molar refractivity (Wildman–Crippen MR) is 84.0 cm³/mol. The fraction of sp³-hybridized carbons (Fsp3) is 0.765. The lowest BCUT2D eigenvalue weighted by molar-refractivity contribution is -0.147. The molecule has 6 nitrogen and oxygen atoms in total. The second-order valence-electron chi connectivity index (χ2n) is 6.61. The predicted octanol–water partition coefficient (Wildman–Crippen LogP) is 2.68. The van der Waals surface area contributed by atoms with Gasteiger partial charge in [0.25, 0.3) is 5.91 Å². The van der Waals surface area contributed by atoms with E-state index in [1.165, 1.54) is 19.3 Å². The first-order chi connectivity index (χ1) is 11.2. The third-order valence-electron chi connectivity index (χ3n) is 5.32. The number of carbonyl (C=O) groups is 1. The number of amides is 1. The van der Waals surface area contributed by atoms with Crippen LogP contribution in [0.1, 0.15) is 61.7 Å². The van der Waals surface area contributed by atoms with Gasteiger partial charge in [0.15, 0.2) is 11.5 Å². The van der Waals surface area contributed by atoms with Gasteiger partial charge >= 0.3 is 0 Å². The average molecular weight is 322 g/mol. The van der Waals surface area contributed by atoms with Crippen molar-refractivity contribution < 1.29 is 18.8 Å². The lowest BCUT2D eigenvalue weighted by Gasteiger charge is -2.57. The van der Waals surface area contributed by atoms with E-state index in [1.54, 1.807) is 13.2 Å². The van der Waals surface area contributed by atoms with E-state index in [-0.39, 0.29) is 23.5 Å².